The van der Waals surface area contributed by atoms with Crippen LogP contribution in [0.2, 0.25) is 0 Å². The van der Waals surface area contributed by atoms with Gasteiger partial charge in [0.1, 0.15) is 10.6 Å². The van der Waals surface area contributed by atoms with E-state index in [1.807, 2.05) is 13.0 Å². The number of hydrogen-bond donors (Lipinski definition) is 1. The van der Waals surface area contributed by atoms with Crippen LogP contribution < -0.4 is 14.8 Å². The van der Waals surface area contributed by atoms with Crippen molar-refractivity contribution in [3.63, 3.8) is 0 Å². The molecule has 0 spiro atoms. The zero-order valence-corrected chi connectivity index (χ0v) is 17.8. The van der Waals surface area contributed by atoms with Gasteiger partial charge in [-0.3, -0.25) is 4.79 Å². The van der Waals surface area contributed by atoms with Crippen LogP contribution in [-0.2, 0) is 23.6 Å². The molecule has 1 aromatic carbocycles. The predicted molar refractivity (Wildman–Crippen MR) is 109 cm³/mol. The average Bonchev–Trinajstić information content (AvgIpc) is 3.37. The standard InChI is InChI=1S/C20H27N3O5S/c1-4-28-18-8-7-15(11-19(18)27-3)13-21-20(24)17-12-16(14-22(17)2)29(25,26)23-9-5-6-10-23/h7-8,11-12,14H,4-6,9-10,13H2,1-3H3,(H,21,24). The normalized spacial score (nSPS) is 14.7. The number of nitrogens with zero attached hydrogens (tertiary/aromatic N) is 2. The number of benzene rings is 1. The largest absolute Gasteiger partial charge is 0.493 e. The van der Waals surface area contributed by atoms with Gasteiger partial charge in [-0.25, -0.2) is 8.42 Å². The van der Waals surface area contributed by atoms with Crippen LogP contribution in [0.25, 0.3) is 0 Å². The Balaban J connectivity index is 1.71. The molecule has 0 bridgehead atoms. The summed E-state index contributed by atoms with van der Waals surface area (Å²) < 4.78 is 39.3. The van der Waals surface area contributed by atoms with Gasteiger partial charge in [0, 0.05) is 32.9 Å². The van der Waals surface area contributed by atoms with E-state index in [1.165, 1.54) is 21.1 Å². The number of carbonyl (C=O) groups is 1. The van der Waals surface area contributed by atoms with Crippen LogP contribution in [0.15, 0.2) is 35.4 Å². The van der Waals surface area contributed by atoms with Crippen LogP contribution in [0.3, 0.4) is 0 Å². The fourth-order valence-corrected chi connectivity index (χ4v) is 4.94. The van der Waals surface area contributed by atoms with Crippen LogP contribution in [0.1, 0.15) is 35.8 Å². The molecule has 29 heavy (non-hydrogen) atoms. The summed E-state index contributed by atoms with van der Waals surface area (Å²) in [5, 5.41) is 2.83. The van der Waals surface area contributed by atoms with Gasteiger partial charge in [-0.15, -0.1) is 0 Å². The second-order valence-electron chi connectivity index (χ2n) is 6.88. The quantitative estimate of drug-likeness (QED) is 0.705. The molecule has 1 fully saturated rings. The number of ether oxygens (including phenoxy) is 2. The van der Waals surface area contributed by atoms with Gasteiger partial charge in [0.05, 0.1) is 13.7 Å². The molecule has 1 aliphatic rings. The number of hydrogen-bond acceptors (Lipinski definition) is 5. The number of rotatable bonds is 8. The van der Waals surface area contributed by atoms with Crippen LogP contribution >= 0.6 is 0 Å². The van der Waals surface area contributed by atoms with Gasteiger partial charge < -0.3 is 19.4 Å². The van der Waals surface area contributed by atoms with Gasteiger partial charge in [-0.2, -0.15) is 4.31 Å². The molecule has 1 aromatic heterocycles. The van der Waals surface area contributed by atoms with Crippen molar-refractivity contribution in [2.45, 2.75) is 31.2 Å². The SMILES string of the molecule is CCOc1ccc(CNC(=O)c2cc(S(=O)(=O)N3CCCC3)cn2C)cc1OC. The zero-order valence-electron chi connectivity index (χ0n) is 17.0. The number of methoxy groups -OCH3 is 1. The topological polar surface area (TPSA) is 89.9 Å². The molecular formula is C20H27N3O5S. The monoisotopic (exact) mass is 421 g/mol. The summed E-state index contributed by atoms with van der Waals surface area (Å²) in [6.45, 7) is 3.76. The third-order valence-corrected chi connectivity index (χ3v) is 6.76. The van der Waals surface area contributed by atoms with Crippen LogP contribution in [0, 0.1) is 0 Å². The highest BCUT2D eigenvalue weighted by atomic mass is 32.2. The van der Waals surface area contributed by atoms with E-state index >= 15 is 0 Å². The van der Waals surface area contributed by atoms with Gasteiger partial charge in [0.2, 0.25) is 10.0 Å². The molecule has 1 saturated heterocycles. The number of carbonyl (C=O) groups excluding carboxylic acids is 1. The molecule has 0 unspecified atom stereocenters. The van der Waals surface area contributed by atoms with Crippen molar-refractivity contribution >= 4 is 15.9 Å². The van der Waals surface area contributed by atoms with Gasteiger partial charge in [-0.05, 0) is 43.5 Å². The molecule has 1 aliphatic heterocycles. The van der Waals surface area contributed by atoms with Crippen molar-refractivity contribution < 1.29 is 22.7 Å². The maximum atomic E-state index is 12.7. The molecule has 0 radical (unpaired) electrons. The lowest BCUT2D eigenvalue weighted by molar-refractivity contribution is 0.0942. The minimum atomic E-state index is -3.56. The summed E-state index contributed by atoms with van der Waals surface area (Å²) in [6, 6.07) is 6.89. The van der Waals surface area contributed by atoms with Crippen LogP contribution in [0.5, 0.6) is 11.5 Å². The first-order valence-electron chi connectivity index (χ1n) is 9.61. The van der Waals surface area contributed by atoms with E-state index in [9.17, 15) is 13.2 Å². The number of sulfonamides is 1. The molecular weight excluding hydrogens is 394 g/mol. The van der Waals surface area contributed by atoms with Crippen molar-refractivity contribution in [2.24, 2.45) is 7.05 Å². The minimum Gasteiger partial charge on any atom is -0.493 e. The fourth-order valence-electron chi connectivity index (χ4n) is 3.35. The first-order valence-corrected chi connectivity index (χ1v) is 11.0. The molecule has 2 heterocycles. The lowest BCUT2D eigenvalue weighted by Crippen LogP contribution is -2.27. The van der Waals surface area contributed by atoms with Crippen molar-refractivity contribution in [3.05, 3.63) is 41.7 Å². The van der Waals surface area contributed by atoms with E-state index in [0.29, 0.717) is 36.9 Å². The number of aromatic nitrogens is 1. The Labute approximate surface area is 171 Å². The van der Waals surface area contributed by atoms with E-state index in [-0.39, 0.29) is 17.3 Å². The summed E-state index contributed by atoms with van der Waals surface area (Å²) in [5.74, 6) is 0.893. The third kappa shape index (κ3) is 4.56. The summed E-state index contributed by atoms with van der Waals surface area (Å²) in [6.07, 6.45) is 3.22. The number of amides is 1. The second kappa shape index (κ2) is 8.87. The first-order chi connectivity index (χ1) is 13.9. The van der Waals surface area contributed by atoms with Crippen LogP contribution in [0.4, 0.5) is 0 Å². The molecule has 0 atom stereocenters. The molecule has 9 heteroatoms. The predicted octanol–water partition coefficient (Wildman–Crippen LogP) is 2.15. The molecule has 0 saturated carbocycles. The smallest absolute Gasteiger partial charge is 0.268 e. The van der Waals surface area contributed by atoms with Crippen molar-refractivity contribution in [3.8, 4) is 11.5 Å². The summed E-state index contributed by atoms with van der Waals surface area (Å²) in [5.41, 5.74) is 1.14. The van der Waals surface area contributed by atoms with Gasteiger partial charge in [0.25, 0.3) is 5.91 Å². The van der Waals surface area contributed by atoms with E-state index < -0.39 is 10.0 Å². The van der Waals surface area contributed by atoms with E-state index in [4.69, 9.17) is 9.47 Å². The number of nitrogens with one attached hydrogen (secondary N) is 1. The maximum absolute atomic E-state index is 12.7. The molecule has 0 aliphatic carbocycles. The lowest BCUT2D eigenvalue weighted by atomic mass is 10.2. The zero-order chi connectivity index (χ0) is 21.0. The van der Waals surface area contributed by atoms with E-state index in [1.54, 1.807) is 26.3 Å². The highest BCUT2D eigenvalue weighted by Crippen LogP contribution is 2.28. The molecule has 1 N–H and O–H groups in total. The minimum absolute atomic E-state index is 0.148. The Kier molecular flexibility index (Phi) is 6.49. The summed E-state index contributed by atoms with van der Waals surface area (Å²) >= 11 is 0. The third-order valence-electron chi connectivity index (χ3n) is 4.90. The van der Waals surface area contributed by atoms with Crippen molar-refractivity contribution in [1.82, 2.24) is 14.2 Å². The van der Waals surface area contributed by atoms with Crippen LogP contribution in [-0.4, -0.2) is 50.0 Å². The maximum Gasteiger partial charge on any atom is 0.268 e. The van der Waals surface area contributed by atoms with E-state index in [0.717, 1.165) is 18.4 Å². The first kappa shape index (κ1) is 21.2. The molecule has 3 rings (SSSR count). The Bertz CT molecular complexity index is 978. The van der Waals surface area contributed by atoms with Gasteiger partial charge in [0.15, 0.2) is 11.5 Å². The number of aryl methyl sites for hydroxylation is 1. The highest BCUT2D eigenvalue weighted by Gasteiger charge is 2.29. The Morgan fingerprint density at radius 3 is 2.55 bits per heavy atom. The summed E-state index contributed by atoms with van der Waals surface area (Å²) in [4.78, 5) is 12.8. The Morgan fingerprint density at radius 1 is 1.17 bits per heavy atom. The average molecular weight is 422 g/mol. The molecule has 158 valence electrons. The van der Waals surface area contributed by atoms with Crippen molar-refractivity contribution in [1.29, 1.82) is 0 Å². The summed E-state index contributed by atoms with van der Waals surface area (Å²) in [7, 11) is -0.332. The molecule has 1 amide bonds. The Hall–Kier alpha value is -2.52. The van der Waals surface area contributed by atoms with Crippen molar-refractivity contribution in [2.75, 3.05) is 26.8 Å². The van der Waals surface area contributed by atoms with Gasteiger partial charge in [-0.1, -0.05) is 6.07 Å². The fraction of sp³-hybridized carbons (Fsp3) is 0.450. The lowest BCUT2D eigenvalue weighted by Gasteiger charge is -2.13. The molecule has 8 nitrogen and oxygen atoms in total. The van der Waals surface area contributed by atoms with E-state index in [2.05, 4.69) is 5.32 Å². The Morgan fingerprint density at radius 2 is 1.90 bits per heavy atom. The molecule has 2 aromatic rings. The highest BCUT2D eigenvalue weighted by molar-refractivity contribution is 7.89. The second-order valence-corrected chi connectivity index (χ2v) is 8.82. The van der Waals surface area contributed by atoms with Gasteiger partial charge >= 0.3 is 0 Å².